The Morgan fingerprint density at radius 1 is 0.944 bits per heavy atom. The van der Waals surface area contributed by atoms with Gasteiger partial charge in [-0.15, -0.1) is 0 Å². The highest BCUT2D eigenvalue weighted by Gasteiger charge is 2.32. The monoisotopic (exact) mass is 522 g/mol. The first-order valence-electron chi connectivity index (χ1n) is 12.4. The van der Waals surface area contributed by atoms with Gasteiger partial charge in [0.05, 0.1) is 6.04 Å². The van der Waals surface area contributed by atoms with E-state index in [2.05, 4.69) is 16.0 Å². The number of amides is 3. The van der Waals surface area contributed by atoms with Crippen LogP contribution < -0.4 is 21.7 Å². The second kappa shape index (κ2) is 16.2. The van der Waals surface area contributed by atoms with Crippen LogP contribution in [0.1, 0.15) is 52.5 Å². The number of carboxylic acid groups (broad SMARTS) is 1. The maximum atomic E-state index is 13.3. The third kappa shape index (κ3) is 11.0. The summed E-state index contributed by atoms with van der Waals surface area (Å²) in [5.41, 5.74) is 6.75. The van der Waals surface area contributed by atoms with Gasteiger partial charge in [-0.25, -0.2) is 4.79 Å². The van der Waals surface area contributed by atoms with Gasteiger partial charge in [-0.05, 0) is 42.2 Å². The number of carboxylic acids is 1. The van der Waals surface area contributed by atoms with Gasteiger partial charge in [-0.2, -0.15) is 11.8 Å². The van der Waals surface area contributed by atoms with Crippen molar-refractivity contribution in [2.45, 2.75) is 77.5 Å². The first kappa shape index (κ1) is 31.4. The molecule has 10 heteroatoms. The minimum absolute atomic E-state index is 0.0510. The van der Waals surface area contributed by atoms with Crippen molar-refractivity contribution in [3.8, 4) is 0 Å². The number of rotatable bonds is 16. The highest BCUT2D eigenvalue weighted by atomic mass is 32.2. The van der Waals surface area contributed by atoms with Gasteiger partial charge in [0.15, 0.2) is 0 Å². The lowest BCUT2D eigenvalue weighted by Gasteiger charge is -2.28. The number of nitrogens with two attached hydrogens (primary N) is 1. The molecule has 0 radical (unpaired) electrons. The molecule has 36 heavy (non-hydrogen) atoms. The molecule has 0 spiro atoms. The molecule has 5 atom stereocenters. The molecular weight excluding hydrogens is 480 g/mol. The zero-order valence-corrected chi connectivity index (χ0v) is 22.8. The molecule has 0 aliphatic carbocycles. The predicted molar refractivity (Wildman–Crippen MR) is 143 cm³/mol. The van der Waals surface area contributed by atoms with Gasteiger partial charge < -0.3 is 26.8 Å². The third-order valence-electron chi connectivity index (χ3n) is 6.00. The maximum Gasteiger partial charge on any atom is 0.326 e. The van der Waals surface area contributed by atoms with E-state index in [1.807, 2.05) is 40.0 Å². The summed E-state index contributed by atoms with van der Waals surface area (Å²) >= 11 is 1.58. The largest absolute Gasteiger partial charge is 0.480 e. The fourth-order valence-corrected chi connectivity index (χ4v) is 4.11. The second-order valence-corrected chi connectivity index (χ2v) is 10.5. The number of hydrogen-bond donors (Lipinski definition) is 5. The fraction of sp³-hybridized carbons (Fsp3) is 0.615. The molecule has 9 nitrogen and oxygen atoms in total. The van der Waals surface area contributed by atoms with Crippen LogP contribution in [0.5, 0.6) is 0 Å². The SMILES string of the molecule is CCC(C)C(NC(=O)C(N)CCSC)C(=O)NC(CC(C)C)C(=O)NC(Cc1ccccc1)C(=O)O. The predicted octanol–water partition coefficient (Wildman–Crippen LogP) is 1.94. The Balaban J connectivity index is 3.00. The van der Waals surface area contributed by atoms with Crippen molar-refractivity contribution in [3.63, 3.8) is 0 Å². The van der Waals surface area contributed by atoms with Gasteiger partial charge in [0.2, 0.25) is 17.7 Å². The molecule has 0 saturated carbocycles. The maximum absolute atomic E-state index is 13.3. The summed E-state index contributed by atoms with van der Waals surface area (Å²) in [5, 5.41) is 17.8. The average Bonchev–Trinajstić information content (AvgIpc) is 2.84. The quantitative estimate of drug-likeness (QED) is 0.223. The third-order valence-corrected chi connectivity index (χ3v) is 6.64. The first-order valence-corrected chi connectivity index (χ1v) is 13.8. The molecule has 0 fully saturated rings. The zero-order valence-electron chi connectivity index (χ0n) is 22.0. The second-order valence-electron chi connectivity index (χ2n) is 9.54. The van der Waals surface area contributed by atoms with Crippen LogP contribution in [0.25, 0.3) is 0 Å². The Kier molecular flexibility index (Phi) is 14.2. The van der Waals surface area contributed by atoms with E-state index in [0.717, 1.165) is 11.3 Å². The van der Waals surface area contributed by atoms with Crippen molar-refractivity contribution < 1.29 is 24.3 Å². The zero-order chi connectivity index (χ0) is 27.3. The molecule has 202 valence electrons. The number of carbonyl (C=O) groups excluding carboxylic acids is 3. The number of thioether (sulfide) groups is 1. The summed E-state index contributed by atoms with van der Waals surface area (Å²) in [5.74, 6) is -2.07. The standard InChI is InChI=1S/C26H42N4O5S/c1-6-17(4)22(30-23(31)19(27)12-13-36-5)25(33)28-20(14-16(2)3)24(32)29-21(26(34)35)15-18-10-8-7-9-11-18/h7-11,16-17,19-22H,6,12-15,27H2,1-5H3,(H,28,33)(H,29,32)(H,30,31)(H,34,35). The van der Waals surface area contributed by atoms with Crippen molar-refractivity contribution in [1.82, 2.24) is 16.0 Å². The summed E-state index contributed by atoms with van der Waals surface area (Å²) < 4.78 is 0. The molecule has 5 unspecified atom stereocenters. The summed E-state index contributed by atoms with van der Waals surface area (Å²) in [6, 6.07) is 5.30. The van der Waals surface area contributed by atoms with Crippen molar-refractivity contribution >= 4 is 35.5 Å². The lowest BCUT2D eigenvalue weighted by atomic mass is 9.96. The molecule has 0 aliphatic rings. The van der Waals surface area contributed by atoms with Crippen LogP contribution in [0, 0.1) is 11.8 Å². The van der Waals surface area contributed by atoms with E-state index in [4.69, 9.17) is 5.73 Å². The first-order chi connectivity index (χ1) is 17.0. The average molecular weight is 523 g/mol. The summed E-state index contributed by atoms with van der Waals surface area (Å²) in [6.45, 7) is 7.56. The molecule has 0 aromatic heterocycles. The molecular formula is C26H42N4O5S. The molecule has 1 aromatic rings. The molecule has 0 aliphatic heterocycles. The van der Waals surface area contributed by atoms with Crippen molar-refractivity contribution in [1.29, 1.82) is 0 Å². The molecule has 0 heterocycles. The van der Waals surface area contributed by atoms with Gasteiger partial charge in [0, 0.05) is 6.42 Å². The van der Waals surface area contributed by atoms with E-state index < -0.39 is 47.9 Å². The number of aliphatic carboxylic acids is 1. The Morgan fingerprint density at radius 3 is 2.08 bits per heavy atom. The number of hydrogen-bond acceptors (Lipinski definition) is 6. The molecule has 1 aromatic carbocycles. The molecule has 1 rings (SSSR count). The van der Waals surface area contributed by atoms with Crippen LogP contribution in [0.15, 0.2) is 30.3 Å². The molecule has 0 bridgehead atoms. The van der Waals surface area contributed by atoms with Crippen LogP contribution in [0.3, 0.4) is 0 Å². The molecule has 3 amide bonds. The lowest BCUT2D eigenvalue weighted by molar-refractivity contribution is -0.142. The Labute approximate surface area is 218 Å². The number of nitrogens with one attached hydrogen (secondary N) is 3. The fourth-order valence-electron chi connectivity index (χ4n) is 3.62. The van der Waals surface area contributed by atoms with E-state index in [-0.39, 0.29) is 18.3 Å². The van der Waals surface area contributed by atoms with Gasteiger partial charge in [-0.1, -0.05) is 64.4 Å². The lowest BCUT2D eigenvalue weighted by Crippen LogP contribution is -2.59. The van der Waals surface area contributed by atoms with Crippen molar-refractivity contribution in [2.75, 3.05) is 12.0 Å². The number of benzene rings is 1. The topological polar surface area (TPSA) is 151 Å². The number of carbonyl (C=O) groups is 4. The van der Waals surface area contributed by atoms with Crippen molar-refractivity contribution in [3.05, 3.63) is 35.9 Å². The highest BCUT2D eigenvalue weighted by molar-refractivity contribution is 7.98. The van der Waals surface area contributed by atoms with Gasteiger partial charge in [-0.3, -0.25) is 14.4 Å². The minimum Gasteiger partial charge on any atom is -0.480 e. The van der Waals surface area contributed by atoms with Gasteiger partial charge in [0.1, 0.15) is 18.1 Å². The summed E-state index contributed by atoms with van der Waals surface area (Å²) in [4.78, 5) is 50.8. The smallest absolute Gasteiger partial charge is 0.326 e. The van der Waals surface area contributed by atoms with E-state index in [1.165, 1.54) is 0 Å². The molecule has 6 N–H and O–H groups in total. The van der Waals surface area contributed by atoms with E-state index in [9.17, 15) is 24.3 Å². The highest BCUT2D eigenvalue weighted by Crippen LogP contribution is 2.12. The Morgan fingerprint density at radius 2 is 1.56 bits per heavy atom. The summed E-state index contributed by atoms with van der Waals surface area (Å²) in [7, 11) is 0. The van der Waals surface area contributed by atoms with Gasteiger partial charge >= 0.3 is 5.97 Å². The van der Waals surface area contributed by atoms with Gasteiger partial charge in [0.25, 0.3) is 0 Å². The minimum atomic E-state index is -1.16. The van der Waals surface area contributed by atoms with E-state index in [0.29, 0.717) is 19.3 Å². The van der Waals surface area contributed by atoms with Crippen LogP contribution in [0.2, 0.25) is 0 Å². The van der Waals surface area contributed by atoms with Crippen LogP contribution >= 0.6 is 11.8 Å². The van der Waals surface area contributed by atoms with E-state index in [1.54, 1.807) is 36.0 Å². The summed E-state index contributed by atoms with van der Waals surface area (Å²) in [6.07, 6.45) is 3.46. The van der Waals surface area contributed by atoms with Crippen LogP contribution in [-0.2, 0) is 25.6 Å². The normalized spacial score (nSPS) is 15.3. The van der Waals surface area contributed by atoms with Crippen molar-refractivity contribution in [2.24, 2.45) is 17.6 Å². The van der Waals surface area contributed by atoms with Crippen LogP contribution in [-0.4, -0.2) is 65.0 Å². The van der Waals surface area contributed by atoms with Crippen LogP contribution in [0.4, 0.5) is 0 Å². The Hall–Kier alpha value is -2.59. The Bertz CT molecular complexity index is 852. The van der Waals surface area contributed by atoms with E-state index >= 15 is 0 Å². The molecule has 0 saturated heterocycles.